The van der Waals surface area contributed by atoms with E-state index in [1.165, 1.54) is 99.1 Å². The number of imidazole rings is 2. The first-order valence-electron chi connectivity index (χ1n) is 45.5. The number of carbonyl (C=O) groups excluding carboxylic acids is 6. The fourth-order valence-corrected chi connectivity index (χ4v) is 20.1. The van der Waals surface area contributed by atoms with Crippen molar-refractivity contribution in [2.24, 2.45) is 35.5 Å². The van der Waals surface area contributed by atoms with E-state index in [-0.39, 0.29) is 51.7 Å². The Morgan fingerprint density at radius 1 is 0.367 bits per heavy atom. The molecule has 6 amide bonds. The van der Waals surface area contributed by atoms with E-state index >= 15 is 0 Å². The Morgan fingerprint density at radius 2 is 0.711 bits per heavy atom. The standard InChI is InChI=1S/2C25H25N7O.C14H17NO.C13H14BrNO.C13H15NO.C8H7NO.C4H7Br/c2*1-4-32-22(17-11-26-14(2)27-12-17)31-21-20(28-13-29-23(21)32)16-7-8-19-18(9-16)25(3,24(33)30-19)10-15-5-6-15;1-9-3-6-12-11(7-9)14(2,13(16)15-12)8-10-4-5-10;1-13(7-8-2-3-8)10-6-9(14)4-5-11(10)15-12(13)16;1-13(8-9-6-7-9)10-4-2-3-5-11(10)14-12(13)15;10-8-5-6-3-1-2-4-7(6)9-8;5-3-4-1-2-4/h2*7-9,11-13,15H,4-6,10H2,1-3H3,(H,30,33);3,6-7,10H,4-5,8H2,1-2H3,(H,15,16);4-6,8H,2-3,7H2,1H3,(H,15,16);2-5,9H,6-8H2,1H3,(H,14,15);1-4H,5H2,(H,9,10);4H,1-3H2. The van der Waals surface area contributed by atoms with E-state index in [0.717, 1.165) is 184 Å². The fourth-order valence-electron chi connectivity index (χ4n) is 19.1. The first kappa shape index (κ1) is 87.1. The summed E-state index contributed by atoms with van der Waals surface area (Å²) in [7, 11) is 0. The van der Waals surface area contributed by atoms with Crippen LogP contribution in [0.1, 0.15) is 208 Å². The van der Waals surface area contributed by atoms with Gasteiger partial charge in [-0.3, -0.25) is 28.8 Å². The molecule has 6 aliphatic heterocycles. The Hall–Kier alpha value is -11.6. The lowest BCUT2D eigenvalue weighted by molar-refractivity contribution is -0.121. The summed E-state index contributed by atoms with van der Waals surface area (Å²) < 4.78 is 5.17. The summed E-state index contributed by atoms with van der Waals surface area (Å²) in [5.41, 5.74) is 19.9. The van der Waals surface area contributed by atoms with Gasteiger partial charge in [0.2, 0.25) is 35.4 Å². The first-order valence-corrected chi connectivity index (χ1v) is 47.4. The van der Waals surface area contributed by atoms with Gasteiger partial charge in [-0.25, -0.2) is 49.8 Å². The second kappa shape index (κ2) is 35.1. The molecule has 0 saturated heterocycles. The van der Waals surface area contributed by atoms with Crippen LogP contribution in [-0.2, 0) is 75.4 Å². The van der Waals surface area contributed by atoms with E-state index in [1.807, 2.05) is 98.8 Å². The highest BCUT2D eigenvalue weighted by Crippen LogP contribution is 2.54. The molecule has 0 spiro atoms. The second-order valence-electron chi connectivity index (χ2n) is 38.1. The van der Waals surface area contributed by atoms with Crippen molar-refractivity contribution in [2.75, 3.05) is 37.2 Å². The largest absolute Gasteiger partial charge is 0.326 e. The number of hydrogen-bond acceptors (Lipinski definition) is 16. The van der Waals surface area contributed by atoms with E-state index in [9.17, 15) is 28.8 Å². The van der Waals surface area contributed by atoms with Gasteiger partial charge < -0.3 is 41.0 Å². The summed E-state index contributed by atoms with van der Waals surface area (Å²) in [5.74, 6) is 8.38. The normalized spacial score (nSPS) is 22.5. The van der Waals surface area contributed by atoms with Gasteiger partial charge in [-0.2, -0.15) is 0 Å². The Morgan fingerprint density at radius 3 is 1.09 bits per heavy atom. The number of amides is 6. The van der Waals surface area contributed by atoms with Crippen molar-refractivity contribution in [3.63, 3.8) is 0 Å². The molecule has 12 aliphatic rings. The van der Waals surface area contributed by atoms with Gasteiger partial charge in [0.25, 0.3) is 0 Å². The van der Waals surface area contributed by atoms with Crippen LogP contribution in [-0.4, -0.2) is 99.7 Å². The summed E-state index contributed by atoms with van der Waals surface area (Å²) in [6, 6.07) is 40.3. The minimum Gasteiger partial charge on any atom is -0.326 e. The van der Waals surface area contributed by atoms with Crippen molar-refractivity contribution in [3.05, 3.63) is 214 Å². The zero-order valence-corrected chi connectivity index (χ0v) is 77.6. The Bertz CT molecular complexity index is 6040. The summed E-state index contributed by atoms with van der Waals surface area (Å²) in [4.78, 5) is 118. The van der Waals surface area contributed by atoms with E-state index < -0.39 is 10.8 Å². The lowest BCUT2D eigenvalue weighted by atomic mass is 9.78. The van der Waals surface area contributed by atoms with Crippen molar-refractivity contribution in [3.8, 4) is 45.3 Å². The zero-order valence-electron chi connectivity index (χ0n) is 74.4. The SMILES string of the molecule is BrCC1CC1.CC1(CC2CC2)C(=O)Nc2ccc(Br)cc21.CC1(CC2CC2)C(=O)Nc2ccccc21.CCn1c(-c2cnc(C)nc2)nc2c(-c3ccc4c(c3)C(C)(CC3CC3)C(=O)N4)ncnc21.CCn1c(-c2cnc(C)nc2)nc2c(-c3ccc4c(c3)C(C)(CC3CC3)C(=O)N4)ncnc21.Cc1ccc2c(c1)C(C)(CC1CC1)C(=O)N2.O=C1Cc2ccccc2N1. The number of carbonyl (C=O) groups is 6. The van der Waals surface area contributed by atoms with Crippen LogP contribution in [0.5, 0.6) is 0 Å². The molecule has 24 nitrogen and oxygen atoms in total. The highest BCUT2D eigenvalue weighted by molar-refractivity contribution is 9.10. The molecule has 12 heterocycles. The minimum atomic E-state index is -0.508. The molecule has 6 N–H and O–H groups in total. The minimum absolute atomic E-state index is 0.0892. The molecule has 6 fully saturated rings. The maximum Gasteiger partial charge on any atom is 0.234 e. The van der Waals surface area contributed by atoms with Crippen LogP contribution in [0.2, 0.25) is 0 Å². The summed E-state index contributed by atoms with van der Waals surface area (Å²) >= 11 is 6.86. The molecular formula is C102H110Br2N18O6. The number of fused-ring (bicyclic) bond motifs is 8. The van der Waals surface area contributed by atoms with Gasteiger partial charge in [-0.1, -0.05) is 162 Å². The molecule has 5 unspecified atom stereocenters. The van der Waals surface area contributed by atoms with Gasteiger partial charge >= 0.3 is 0 Å². The maximum absolute atomic E-state index is 12.9. The predicted octanol–water partition coefficient (Wildman–Crippen LogP) is 20.7. The average molecular weight is 1840 g/mol. The first-order chi connectivity index (χ1) is 61.6. The van der Waals surface area contributed by atoms with Crippen LogP contribution >= 0.6 is 31.9 Å². The maximum atomic E-state index is 12.9. The third-order valence-electron chi connectivity index (χ3n) is 27.7. The summed E-state index contributed by atoms with van der Waals surface area (Å²) in [6.07, 6.45) is 31.2. The van der Waals surface area contributed by atoms with E-state index in [4.69, 9.17) is 9.97 Å². The number of nitrogens with zero attached hydrogens (tertiary/aromatic N) is 12. The second-order valence-corrected chi connectivity index (χ2v) is 39.7. The molecule has 6 aromatic carbocycles. The van der Waals surface area contributed by atoms with Crippen molar-refractivity contribution in [2.45, 2.75) is 225 Å². The van der Waals surface area contributed by atoms with Gasteiger partial charge in [-0.05, 0) is 244 Å². The molecule has 0 bridgehead atoms. The number of hydrogen-bond donors (Lipinski definition) is 6. The third kappa shape index (κ3) is 17.8. The van der Waals surface area contributed by atoms with E-state index in [1.54, 1.807) is 37.4 Å². The topological polar surface area (TPSA) is 313 Å². The molecule has 6 aliphatic carbocycles. The number of alkyl halides is 1. The molecule has 26 heteroatoms. The molecule has 0 radical (unpaired) electrons. The van der Waals surface area contributed by atoms with Crippen molar-refractivity contribution in [1.82, 2.24) is 59.0 Å². The van der Waals surface area contributed by atoms with Crippen molar-refractivity contribution >= 4 is 124 Å². The van der Waals surface area contributed by atoms with Crippen molar-refractivity contribution < 1.29 is 28.8 Å². The number of halogens is 2. The van der Waals surface area contributed by atoms with Gasteiger partial charge in [0.15, 0.2) is 11.3 Å². The Kier molecular flexibility index (Phi) is 23.9. The van der Waals surface area contributed by atoms with Gasteiger partial charge in [0.1, 0.15) is 58.4 Å². The Balaban J connectivity index is 0.000000107. The van der Waals surface area contributed by atoms with Crippen LogP contribution in [0, 0.1) is 56.3 Å². The fraction of sp³-hybridized carbons (Fsp3) is 0.412. The highest BCUT2D eigenvalue weighted by Gasteiger charge is 2.51. The third-order valence-corrected chi connectivity index (χ3v) is 29.1. The smallest absolute Gasteiger partial charge is 0.234 e. The number of para-hydroxylation sites is 2. The van der Waals surface area contributed by atoms with Gasteiger partial charge in [0, 0.05) is 92.9 Å². The average Bonchev–Trinajstić information content (AvgIpc) is 1.57. The lowest BCUT2D eigenvalue weighted by Gasteiger charge is -2.22. The molecule has 658 valence electrons. The number of anilines is 6. The van der Waals surface area contributed by atoms with Gasteiger partial charge in [-0.15, -0.1) is 0 Å². The highest BCUT2D eigenvalue weighted by atomic mass is 79.9. The summed E-state index contributed by atoms with van der Waals surface area (Å²) in [6.45, 7) is 21.7. The van der Waals surface area contributed by atoms with E-state index in [2.05, 4.69) is 205 Å². The number of benzene rings is 6. The van der Waals surface area contributed by atoms with Crippen LogP contribution < -0.4 is 31.9 Å². The van der Waals surface area contributed by atoms with Crippen LogP contribution in [0.3, 0.4) is 0 Å². The molecule has 6 aromatic heterocycles. The van der Waals surface area contributed by atoms with Crippen LogP contribution in [0.25, 0.3) is 67.6 Å². The van der Waals surface area contributed by atoms with Gasteiger partial charge in [0.05, 0.1) is 44.6 Å². The molecule has 5 atom stereocenters. The zero-order chi connectivity index (χ0) is 89.3. The quantitative estimate of drug-likeness (QED) is 0.0462. The summed E-state index contributed by atoms with van der Waals surface area (Å²) in [5, 5.41) is 19.1. The Labute approximate surface area is 763 Å². The number of aryl methyl sites for hydroxylation is 5. The molecule has 24 rings (SSSR count). The molecule has 6 saturated carbocycles. The predicted molar refractivity (Wildman–Crippen MR) is 508 cm³/mol. The molecular weight excluding hydrogens is 1730 g/mol. The van der Waals surface area contributed by atoms with Crippen molar-refractivity contribution in [1.29, 1.82) is 0 Å². The van der Waals surface area contributed by atoms with Crippen LogP contribution in [0.4, 0.5) is 34.1 Å². The molecule has 12 aromatic rings. The number of aromatic nitrogens is 12. The van der Waals surface area contributed by atoms with Crippen LogP contribution in [0.15, 0.2) is 163 Å². The monoisotopic (exact) mass is 1840 g/mol. The number of rotatable bonds is 17. The molecule has 128 heavy (non-hydrogen) atoms. The number of nitrogens with one attached hydrogen (secondary N) is 6. The van der Waals surface area contributed by atoms with E-state index in [0.29, 0.717) is 43.0 Å². The lowest BCUT2D eigenvalue weighted by Crippen LogP contribution is -2.31.